The normalized spacial score (nSPS) is 32.6. The van der Waals surface area contributed by atoms with Gasteiger partial charge < -0.3 is 21.5 Å². The van der Waals surface area contributed by atoms with Gasteiger partial charge in [-0.05, 0) is 57.8 Å². The fraction of sp³-hybridized carbons (Fsp3) is 0.706. The first-order valence-corrected chi connectivity index (χ1v) is 8.82. The smallest absolute Gasteiger partial charge is 0.254 e. The van der Waals surface area contributed by atoms with Crippen LogP contribution in [-0.2, 0) is 0 Å². The summed E-state index contributed by atoms with van der Waals surface area (Å²) >= 11 is 0. The molecule has 5 N–H and O–H groups in total. The third-order valence-electron chi connectivity index (χ3n) is 5.93. The minimum Gasteiger partial charge on any atom is -0.390 e. The topological polar surface area (TPSA) is 113 Å². The molecule has 3 aliphatic rings. The maximum Gasteiger partial charge on any atom is 0.254 e. The molecule has 0 saturated heterocycles. The standard InChI is InChI=1S/C17H25N5O2/c1-10(11-2-3-11)20-14-12(13(18)23)8-19-15(21-14)22-16-4-6-17(24,9-16)7-5-16/h8,10-11,24H,2-7,9H2,1H3,(H2,18,23)(H2,19,20,21,22). The highest BCUT2D eigenvalue weighted by molar-refractivity contribution is 5.97. The van der Waals surface area contributed by atoms with Gasteiger partial charge in [0.05, 0.1) is 11.2 Å². The molecule has 1 aromatic rings. The van der Waals surface area contributed by atoms with Gasteiger partial charge in [-0.3, -0.25) is 4.79 Å². The molecule has 24 heavy (non-hydrogen) atoms. The first-order chi connectivity index (χ1) is 11.4. The second-order valence-corrected chi connectivity index (χ2v) is 7.90. The van der Waals surface area contributed by atoms with Gasteiger partial charge in [-0.2, -0.15) is 4.98 Å². The second-order valence-electron chi connectivity index (χ2n) is 7.90. The molecule has 3 saturated carbocycles. The molecule has 0 radical (unpaired) electrons. The van der Waals surface area contributed by atoms with E-state index in [1.165, 1.54) is 19.0 Å². The number of hydrogen-bond acceptors (Lipinski definition) is 6. The molecule has 7 heteroatoms. The Balaban J connectivity index is 1.56. The second kappa shape index (κ2) is 5.31. The van der Waals surface area contributed by atoms with E-state index >= 15 is 0 Å². The number of amides is 1. The third kappa shape index (κ3) is 2.81. The van der Waals surface area contributed by atoms with Crippen LogP contribution in [0.15, 0.2) is 6.20 Å². The molecule has 1 heterocycles. The maximum atomic E-state index is 11.7. The van der Waals surface area contributed by atoms with Crippen molar-refractivity contribution >= 4 is 17.7 Å². The monoisotopic (exact) mass is 331 g/mol. The average molecular weight is 331 g/mol. The fourth-order valence-corrected chi connectivity index (χ4v) is 4.25. The number of carbonyl (C=O) groups excluding carboxylic acids is 1. The zero-order valence-corrected chi connectivity index (χ0v) is 14.0. The van der Waals surface area contributed by atoms with Gasteiger partial charge in [-0.1, -0.05) is 0 Å². The summed E-state index contributed by atoms with van der Waals surface area (Å²) in [7, 11) is 0. The number of nitrogens with two attached hydrogens (primary N) is 1. The molecule has 7 nitrogen and oxygen atoms in total. The lowest BCUT2D eigenvalue weighted by atomic mass is 9.93. The minimum atomic E-state index is -0.527. The Morgan fingerprint density at radius 1 is 1.38 bits per heavy atom. The molecule has 2 bridgehead atoms. The number of hydrogen-bond donors (Lipinski definition) is 4. The van der Waals surface area contributed by atoms with Crippen LogP contribution in [0.2, 0.25) is 0 Å². The van der Waals surface area contributed by atoms with Gasteiger partial charge in [-0.25, -0.2) is 4.98 Å². The highest BCUT2D eigenvalue weighted by Crippen LogP contribution is 2.51. The Labute approximate surface area is 141 Å². The highest BCUT2D eigenvalue weighted by Gasteiger charge is 2.53. The van der Waals surface area contributed by atoms with E-state index in [2.05, 4.69) is 27.5 Å². The molecule has 0 aliphatic heterocycles. The minimum absolute atomic E-state index is 0.123. The van der Waals surface area contributed by atoms with Crippen molar-refractivity contribution in [3.05, 3.63) is 11.8 Å². The van der Waals surface area contributed by atoms with Crippen molar-refractivity contribution in [3.63, 3.8) is 0 Å². The predicted molar refractivity (Wildman–Crippen MR) is 90.7 cm³/mol. The Hall–Kier alpha value is -1.89. The Bertz CT molecular complexity index is 665. The molecule has 0 spiro atoms. The Kier molecular flexibility index (Phi) is 3.46. The van der Waals surface area contributed by atoms with Gasteiger partial charge in [-0.15, -0.1) is 0 Å². The molecule has 1 amide bonds. The number of fused-ring (bicyclic) bond motifs is 2. The first-order valence-electron chi connectivity index (χ1n) is 8.82. The van der Waals surface area contributed by atoms with Crippen molar-refractivity contribution in [3.8, 4) is 0 Å². The number of nitrogens with one attached hydrogen (secondary N) is 2. The summed E-state index contributed by atoms with van der Waals surface area (Å²) in [5, 5.41) is 17.1. The van der Waals surface area contributed by atoms with Crippen molar-refractivity contribution in [2.24, 2.45) is 11.7 Å². The van der Waals surface area contributed by atoms with Crippen LogP contribution in [0.5, 0.6) is 0 Å². The van der Waals surface area contributed by atoms with Crippen molar-refractivity contribution in [2.75, 3.05) is 10.6 Å². The van der Waals surface area contributed by atoms with Crippen molar-refractivity contribution < 1.29 is 9.90 Å². The molecule has 3 aliphatic carbocycles. The van der Waals surface area contributed by atoms with Gasteiger partial charge >= 0.3 is 0 Å². The van der Waals surface area contributed by atoms with Gasteiger partial charge in [0.15, 0.2) is 0 Å². The van der Waals surface area contributed by atoms with E-state index in [4.69, 9.17) is 5.73 Å². The number of anilines is 2. The highest BCUT2D eigenvalue weighted by atomic mass is 16.3. The summed E-state index contributed by atoms with van der Waals surface area (Å²) in [4.78, 5) is 20.5. The molecule has 3 fully saturated rings. The summed E-state index contributed by atoms with van der Waals surface area (Å²) in [6.45, 7) is 2.10. The lowest BCUT2D eigenvalue weighted by molar-refractivity contribution is 0.0521. The number of carbonyl (C=O) groups is 1. The van der Waals surface area contributed by atoms with E-state index in [-0.39, 0.29) is 11.6 Å². The summed E-state index contributed by atoms with van der Waals surface area (Å²) in [5.41, 5.74) is 5.13. The number of nitrogens with zero attached hydrogens (tertiary/aromatic N) is 2. The predicted octanol–water partition coefficient (Wildman–Crippen LogP) is 1.65. The quantitative estimate of drug-likeness (QED) is 0.630. The van der Waals surface area contributed by atoms with E-state index in [1.807, 2.05) is 0 Å². The van der Waals surface area contributed by atoms with Crippen LogP contribution in [0.25, 0.3) is 0 Å². The molecular formula is C17H25N5O2. The molecular weight excluding hydrogens is 306 g/mol. The fourth-order valence-electron chi connectivity index (χ4n) is 4.25. The summed E-state index contributed by atoms with van der Waals surface area (Å²) in [5.74, 6) is 1.11. The summed E-state index contributed by atoms with van der Waals surface area (Å²) < 4.78 is 0. The van der Waals surface area contributed by atoms with E-state index in [9.17, 15) is 9.90 Å². The molecule has 1 aromatic heterocycles. The van der Waals surface area contributed by atoms with E-state index in [1.54, 1.807) is 0 Å². The molecule has 0 aromatic carbocycles. The van der Waals surface area contributed by atoms with Gasteiger partial charge in [0.25, 0.3) is 5.91 Å². The number of aromatic nitrogens is 2. The van der Waals surface area contributed by atoms with Crippen molar-refractivity contribution in [2.45, 2.75) is 69.1 Å². The van der Waals surface area contributed by atoms with Crippen LogP contribution in [0.4, 0.5) is 11.8 Å². The van der Waals surface area contributed by atoms with Gasteiger partial charge in [0.2, 0.25) is 5.95 Å². The van der Waals surface area contributed by atoms with Crippen LogP contribution in [0.3, 0.4) is 0 Å². The summed E-state index contributed by atoms with van der Waals surface area (Å²) in [6, 6.07) is 0.257. The van der Waals surface area contributed by atoms with Gasteiger partial charge in [0, 0.05) is 17.8 Å². The molecule has 4 rings (SSSR count). The van der Waals surface area contributed by atoms with Gasteiger partial charge in [0.1, 0.15) is 5.82 Å². The molecule has 1 unspecified atom stereocenters. The van der Waals surface area contributed by atoms with Crippen molar-refractivity contribution in [1.82, 2.24) is 9.97 Å². The zero-order chi connectivity index (χ0) is 16.9. The largest absolute Gasteiger partial charge is 0.390 e. The SMILES string of the molecule is CC(Nc1nc(NC23CCC(O)(CC2)C3)ncc1C(N)=O)C1CC1. The maximum absolute atomic E-state index is 11.7. The first kappa shape index (κ1) is 15.6. The summed E-state index contributed by atoms with van der Waals surface area (Å²) in [6.07, 6.45) is 8.13. The number of rotatable bonds is 6. The van der Waals surface area contributed by atoms with Crippen LogP contribution in [0.1, 0.15) is 62.2 Å². The number of aliphatic hydroxyl groups is 1. The average Bonchev–Trinajstić information content (AvgIpc) is 3.26. The molecule has 1 atom stereocenters. The van der Waals surface area contributed by atoms with Crippen molar-refractivity contribution in [1.29, 1.82) is 0 Å². The van der Waals surface area contributed by atoms with Crippen LogP contribution in [0, 0.1) is 5.92 Å². The van der Waals surface area contributed by atoms with E-state index in [0.717, 1.165) is 32.1 Å². The third-order valence-corrected chi connectivity index (χ3v) is 5.93. The van der Waals surface area contributed by atoms with E-state index in [0.29, 0.717) is 23.2 Å². The lowest BCUT2D eigenvalue weighted by Crippen LogP contribution is -2.34. The van der Waals surface area contributed by atoms with Crippen LogP contribution >= 0.6 is 0 Å². The Morgan fingerprint density at radius 3 is 2.62 bits per heavy atom. The van der Waals surface area contributed by atoms with E-state index < -0.39 is 11.5 Å². The lowest BCUT2D eigenvalue weighted by Gasteiger charge is -2.28. The van der Waals surface area contributed by atoms with Crippen LogP contribution in [-0.4, -0.2) is 38.2 Å². The number of primary amides is 1. The zero-order valence-electron chi connectivity index (χ0n) is 14.0. The van der Waals surface area contributed by atoms with Crippen LogP contribution < -0.4 is 16.4 Å². The molecule has 130 valence electrons. The Morgan fingerprint density at radius 2 is 2.08 bits per heavy atom.